The molecule has 0 unspecified atom stereocenters. The van der Waals surface area contributed by atoms with Crippen LogP contribution in [0.25, 0.3) is 6.08 Å². The maximum Gasteiger partial charge on any atom is 0.293 e. The number of nitrogens with one attached hydrogen (secondary N) is 2. The number of nitrogens with zero attached hydrogens (tertiary/aromatic N) is 1. The van der Waals surface area contributed by atoms with Crippen LogP contribution in [-0.2, 0) is 14.4 Å². The summed E-state index contributed by atoms with van der Waals surface area (Å²) < 4.78 is 13.7. The van der Waals surface area contributed by atoms with Gasteiger partial charge in [-0.1, -0.05) is 31.0 Å². The summed E-state index contributed by atoms with van der Waals surface area (Å²) in [7, 11) is 0. The van der Waals surface area contributed by atoms with Crippen molar-refractivity contribution in [3.63, 3.8) is 0 Å². The lowest BCUT2D eigenvalue weighted by Gasteiger charge is -2.14. The van der Waals surface area contributed by atoms with Gasteiger partial charge in [0.25, 0.3) is 11.1 Å². The Kier molecular flexibility index (Phi) is 7.03. The van der Waals surface area contributed by atoms with E-state index in [1.54, 1.807) is 6.07 Å². The molecule has 1 heterocycles. The van der Waals surface area contributed by atoms with Crippen LogP contribution in [0, 0.1) is 11.7 Å². The number of carbonyl (C=O) groups excluding carboxylic acids is 4. The third-order valence-electron chi connectivity index (χ3n) is 4.87. The molecule has 0 aromatic heterocycles. The van der Waals surface area contributed by atoms with Crippen LogP contribution in [0.5, 0.6) is 0 Å². The third-order valence-corrected chi connectivity index (χ3v) is 5.78. The van der Waals surface area contributed by atoms with Crippen molar-refractivity contribution >= 4 is 40.8 Å². The first-order valence-electron chi connectivity index (χ1n) is 9.50. The Hall–Kier alpha value is -2.68. The lowest BCUT2D eigenvalue weighted by atomic mass is 10.1. The Morgan fingerprint density at radius 3 is 2.62 bits per heavy atom. The van der Waals surface area contributed by atoms with Crippen molar-refractivity contribution in [2.75, 3.05) is 19.6 Å². The summed E-state index contributed by atoms with van der Waals surface area (Å²) in [5.41, 5.74) is 0.226. The fraction of sp³-hybridized carbons (Fsp3) is 0.400. The first-order chi connectivity index (χ1) is 14.0. The molecule has 1 saturated heterocycles. The van der Waals surface area contributed by atoms with Crippen molar-refractivity contribution in [2.45, 2.75) is 25.7 Å². The zero-order chi connectivity index (χ0) is 20.8. The van der Waals surface area contributed by atoms with E-state index in [4.69, 9.17) is 0 Å². The maximum atomic E-state index is 13.7. The molecule has 3 rings (SSSR count). The zero-order valence-electron chi connectivity index (χ0n) is 15.8. The van der Waals surface area contributed by atoms with Crippen molar-refractivity contribution in [1.29, 1.82) is 0 Å². The van der Waals surface area contributed by atoms with E-state index in [2.05, 4.69) is 10.6 Å². The highest BCUT2D eigenvalue weighted by atomic mass is 32.2. The normalized spacial score (nSPS) is 18.5. The molecule has 0 spiro atoms. The van der Waals surface area contributed by atoms with Gasteiger partial charge in [-0.05, 0) is 36.7 Å². The molecule has 2 aliphatic rings. The maximum absolute atomic E-state index is 13.7. The van der Waals surface area contributed by atoms with E-state index < -0.39 is 17.0 Å². The van der Waals surface area contributed by atoms with Crippen LogP contribution in [-0.4, -0.2) is 47.5 Å². The largest absolute Gasteiger partial charge is 0.353 e. The number of carbonyl (C=O) groups is 4. The standard InChI is InChI=1S/C20H22FN3O4S/c21-15-8-4-3-7-14(15)11-16-19(27)24(20(28)29-16)10-9-22-17(25)12-23-18(26)13-5-1-2-6-13/h3-4,7-8,11,13H,1-2,5-6,9-10,12H2,(H,22,25)(H,23,26)/b16-11-. The summed E-state index contributed by atoms with van der Waals surface area (Å²) in [5, 5.41) is 4.72. The molecule has 1 saturated carbocycles. The minimum absolute atomic E-state index is 0.00158. The summed E-state index contributed by atoms with van der Waals surface area (Å²) in [6.07, 6.45) is 5.12. The van der Waals surface area contributed by atoms with E-state index in [1.807, 2.05) is 0 Å². The van der Waals surface area contributed by atoms with Gasteiger partial charge in [0.15, 0.2) is 0 Å². The number of rotatable bonds is 7. The van der Waals surface area contributed by atoms with Gasteiger partial charge in [0.2, 0.25) is 11.8 Å². The average Bonchev–Trinajstić information content (AvgIpc) is 3.32. The predicted molar refractivity (Wildman–Crippen MR) is 107 cm³/mol. The van der Waals surface area contributed by atoms with E-state index in [-0.39, 0.29) is 47.8 Å². The number of benzene rings is 1. The van der Waals surface area contributed by atoms with Gasteiger partial charge < -0.3 is 10.6 Å². The summed E-state index contributed by atoms with van der Waals surface area (Å²) in [4.78, 5) is 49.4. The SMILES string of the molecule is O=C(CNC(=O)C1CCCC1)NCCN1C(=O)S/C(=C\c2ccccc2F)C1=O. The minimum atomic E-state index is -0.521. The Bertz CT molecular complexity index is 852. The highest BCUT2D eigenvalue weighted by molar-refractivity contribution is 8.18. The molecule has 1 aromatic rings. The monoisotopic (exact) mass is 419 g/mol. The van der Waals surface area contributed by atoms with E-state index in [1.165, 1.54) is 24.3 Å². The van der Waals surface area contributed by atoms with Gasteiger partial charge >= 0.3 is 0 Å². The van der Waals surface area contributed by atoms with Crippen molar-refractivity contribution in [1.82, 2.24) is 15.5 Å². The first kappa shape index (κ1) is 21.0. The molecule has 1 aliphatic carbocycles. The van der Waals surface area contributed by atoms with Gasteiger partial charge in [-0.3, -0.25) is 24.1 Å². The summed E-state index contributed by atoms with van der Waals surface area (Å²) in [5.74, 6) is -1.51. The number of amides is 4. The van der Waals surface area contributed by atoms with Crippen LogP contribution in [0.2, 0.25) is 0 Å². The van der Waals surface area contributed by atoms with Crippen LogP contribution in [0.15, 0.2) is 29.2 Å². The molecular weight excluding hydrogens is 397 g/mol. The molecule has 9 heteroatoms. The number of halogens is 1. The summed E-state index contributed by atoms with van der Waals surface area (Å²) in [6, 6.07) is 5.97. The molecular formula is C20H22FN3O4S. The molecule has 2 fully saturated rings. The molecule has 1 aromatic carbocycles. The average molecular weight is 419 g/mol. The molecule has 1 aliphatic heterocycles. The molecule has 0 radical (unpaired) electrons. The number of imide groups is 1. The Labute approximate surface area is 172 Å². The zero-order valence-corrected chi connectivity index (χ0v) is 16.6. The third kappa shape index (κ3) is 5.44. The van der Waals surface area contributed by atoms with Gasteiger partial charge in [-0.2, -0.15) is 0 Å². The second-order valence-corrected chi connectivity index (χ2v) is 7.90. The van der Waals surface area contributed by atoms with Crippen LogP contribution in [0.4, 0.5) is 9.18 Å². The molecule has 0 bridgehead atoms. The van der Waals surface area contributed by atoms with Crippen molar-refractivity contribution in [3.8, 4) is 0 Å². The van der Waals surface area contributed by atoms with E-state index in [0.29, 0.717) is 0 Å². The molecule has 0 atom stereocenters. The van der Waals surface area contributed by atoms with Crippen LogP contribution >= 0.6 is 11.8 Å². The Balaban J connectivity index is 1.45. The van der Waals surface area contributed by atoms with Crippen LogP contribution < -0.4 is 10.6 Å². The summed E-state index contributed by atoms with van der Waals surface area (Å²) in [6.45, 7) is -0.0604. The van der Waals surface area contributed by atoms with Gasteiger partial charge in [0, 0.05) is 24.6 Å². The minimum Gasteiger partial charge on any atom is -0.353 e. The first-order valence-corrected chi connectivity index (χ1v) is 10.3. The fourth-order valence-corrected chi connectivity index (χ4v) is 4.15. The van der Waals surface area contributed by atoms with Gasteiger partial charge in [-0.15, -0.1) is 0 Å². The van der Waals surface area contributed by atoms with Crippen molar-refractivity contribution in [3.05, 3.63) is 40.6 Å². The van der Waals surface area contributed by atoms with E-state index in [9.17, 15) is 23.6 Å². The van der Waals surface area contributed by atoms with Gasteiger partial charge in [0.1, 0.15) is 5.82 Å². The lowest BCUT2D eigenvalue weighted by Crippen LogP contribution is -2.42. The van der Waals surface area contributed by atoms with E-state index >= 15 is 0 Å². The van der Waals surface area contributed by atoms with Crippen molar-refractivity contribution < 1.29 is 23.6 Å². The van der Waals surface area contributed by atoms with Crippen molar-refractivity contribution in [2.24, 2.45) is 5.92 Å². The molecule has 2 N–H and O–H groups in total. The predicted octanol–water partition coefficient (Wildman–Crippen LogP) is 2.28. The van der Waals surface area contributed by atoms with E-state index in [0.717, 1.165) is 42.3 Å². The second kappa shape index (κ2) is 9.69. The number of thioether (sulfide) groups is 1. The van der Waals surface area contributed by atoms with Gasteiger partial charge in [0.05, 0.1) is 11.4 Å². The van der Waals surface area contributed by atoms with Crippen LogP contribution in [0.1, 0.15) is 31.2 Å². The topological polar surface area (TPSA) is 95.6 Å². The second-order valence-electron chi connectivity index (χ2n) is 6.90. The highest BCUT2D eigenvalue weighted by Gasteiger charge is 2.34. The summed E-state index contributed by atoms with van der Waals surface area (Å²) >= 11 is 0.735. The highest BCUT2D eigenvalue weighted by Crippen LogP contribution is 2.32. The lowest BCUT2D eigenvalue weighted by molar-refractivity contribution is -0.128. The smallest absolute Gasteiger partial charge is 0.293 e. The molecule has 29 heavy (non-hydrogen) atoms. The molecule has 7 nitrogen and oxygen atoms in total. The van der Waals surface area contributed by atoms with Gasteiger partial charge in [-0.25, -0.2) is 4.39 Å². The Morgan fingerprint density at radius 1 is 1.17 bits per heavy atom. The van der Waals surface area contributed by atoms with Crippen LogP contribution in [0.3, 0.4) is 0 Å². The molecule has 4 amide bonds. The number of hydrogen-bond acceptors (Lipinski definition) is 5. The fourth-order valence-electron chi connectivity index (χ4n) is 3.30. The quantitative estimate of drug-likeness (QED) is 0.661. The Morgan fingerprint density at radius 2 is 1.90 bits per heavy atom. The molecule has 154 valence electrons. The number of hydrogen-bond donors (Lipinski definition) is 2.